The van der Waals surface area contributed by atoms with E-state index in [9.17, 15) is 19.5 Å². The van der Waals surface area contributed by atoms with Gasteiger partial charge in [-0.05, 0) is 31.5 Å². The number of phenolic OH excluding ortho intramolecular Hbond substituents is 1. The fourth-order valence-corrected chi connectivity index (χ4v) is 4.93. The molecule has 0 bridgehead atoms. The molecule has 2 aliphatic heterocycles. The second kappa shape index (κ2) is 6.81. The Kier molecular flexibility index (Phi) is 4.85. The van der Waals surface area contributed by atoms with E-state index >= 15 is 0 Å². The van der Waals surface area contributed by atoms with Gasteiger partial charge < -0.3 is 25.8 Å². The minimum absolute atomic E-state index is 0.0827. The average molecular weight is 379 g/mol. The van der Waals surface area contributed by atoms with Gasteiger partial charge in [-0.1, -0.05) is 12.1 Å². The van der Waals surface area contributed by atoms with Gasteiger partial charge in [-0.2, -0.15) is 0 Å². The second-order valence-corrected chi connectivity index (χ2v) is 8.63. The van der Waals surface area contributed by atoms with E-state index in [1.807, 2.05) is 13.8 Å². The number of thioether (sulfide) groups is 1. The van der Waals surface area contributed by atoms with E-state index in [1.54, 1.807) is 28.8 Å². The summed E-state index contributed by atoms with van der Waals surface area (Å²) in [6.45, 7) is 4.44. The zero-order chi connectivity index (χ0) is 19.1. The number of amides is 2. The number of nitrogens with two attached hydrogens (primary N) is 1. The summed E-state index contributed by atoms with van der Waals surface area (Å²) in [4.78, 5) is 37.1. The van der Waals surface area contributed by atoms with Crippen LogP contribution in [0.3, 0.4) is 0 Å². The molecular weight excluding hydrogens is 358 g/mol. The monoisotopic (exact) mass is 379 g/mol. The van der Waals surface area contributed by atoms with Gasteiger partial charge in [0.2, 0.25) is 11.8 Å². The van der Waals surface area contributed by atoms with E-state index in [0.717, 1.165) is 0 Å². The normalized spacial score (nSPS) is 27.3. The fourth-order valence-electron chi connectivity index (χ4n) is 3.29. The Balaban J connectivity index is 1.66. The van der Waals surface area contributed by atoms with Crippen LogP contribution in [0.15, 0.2) is 24.3 Å². The number of rotatable bonds is 6. The largest absolute Gasteiger partial charge is 0.508 e. The van der Waals surface area contributed by atoms with E-state index < -0.39 is 18.0 Å². The Morgan fingerprint density at radius 3 is 2.73 bits per heavy atom. The molecule has 1 aromatic rings. The number of hydrogen-bond acceptors (Lipinski definition) is 7. The highest BCUT2D eigenvalue weighted by Gasteiger charge is 2.62. The van der Waals surface area contributed by atoms with Crippen LogP contribution in [0.1, 0.15) is 25.5 Å². The van der Waals surface area contributed by atoms with Crippen LogP contribution in [0.5, 0.6) is 5.75 Å². The number of fused-ring (bicyclic) bond motifs is 1. The van der Waals surface area contributed by atoms with Crippen molar-refractivity contribution in [3.63, 3.8) is 0 Å². The highest BCUT2D eigenvalue weighted by molar-refractivity contribution is 8.01. The minimum Gasteiger partial charge on any atom is -0.508 e. The summed E-state index contributed by atoms with van der Waals surface area (Å²) in [7, 11) is 0. The van der Waals surface area contributed by atoms with Crippen LogP contribution in [0.25, 0.3) is 0 Å². The summed E-state index contributed by atoms with van der Waals surface area (Å²) >= 11 is 1.56. The van der Waals surface area contributed by atoms with E-state index in [4.69, 9.17) is 10.5 Å². The molecule has 0 radical (unpaired) electrons. The maximum Gasteiger partial charge on any atom is 0.293 e. The molecule has 3 rings (SSSR count). The Morgan fingerprint density at radius 1 is 1.46 bits per heavy atom. The van der Waals surface area contributed by atoms with Gasteiger partial charge in [0.15, 0.2) is 0 Å². The molecule has 2 fully saturated rings. The lowest BCUT2D eigenvalue weighted by atomic mass is 9.96. The van der Waals surface area contributed by atoms with Crippen molar-refractivity contribution in [2.75, 3.05) is 6.61 Å². The first-order chi connectivity index (χ1) is 12.3. The molecule has 4 N–H and O–H groups in total. The molecule has 2 heterocycles. The molecule has 9 heteroatoms. The van der Waals surface area contributed by atoms with Crippen LogP contribution in [-0.2, 0) is 19.1 Å². The average Bonchev–Trinajstić information content (AvgIpc) is 2.85. The number of carbonyl (C=O) groups is 3. The maximum atomic E-state index is 12.5. The molecule has 0 spiro atoms. The molecule has 8 nitrogen and oxygen atoms in total. The summed E-state index contributed by atoms with van der Waals surface area (Å²) in [5, 5.41) is 11.8. The van der Waals surface area contributed by atoms with Gasteiger partial charge in [0.1, 0.15) is 29.8 Å². The Morgan fingerprint density at radius 2 is 2.12 bits per heavy atom. The third-order valence-corrected chi connectivity index (χ3v) is 6.42. The summed E-state index contributed by atoms with van der Waals surface area (Å²) in [6.07, 6.45) is 0. The molecule has 0 aromatic heterocycles. The number of aromatic hydroxyl groups is 1. The molecule has 1 aromatic carbocycles. The van der Waals surface area contributed by atoms with Crippen molar-refractivity contribution < 1.29 is 24.2 Å². The number of nitrogens with one attached hydrogen (secondary N) is 1. The number of ether oxygens (including phenoxy) is 1. The molecule has 0 aliphatic carbocycles. The number of phenols is 1. The van der Waals surface area contributed by atoms with E-state index in [0.29, 0.717) is 12.0 Å². The van der Waals surface area contributed by atoms with Crippen molar-refractivity contribution in [1.29, 1.82) is 0 Å². The van der Waals surface area contributed by atoms with Gasteiger partial charge in [0.25, 0.3) is 6.47 Å². The zero-order valence-corrected chi connectivity index (χ0v) is 15.2. The molecule has 26 heavy (non-hydrogen) atoms. The first-order valence-corrected chi connectivity index (χ1v) is 9.04. The number of nitrogens with zero attached hydrogens (tertiary/aromatic N) is 1. The lowest BCUT2D eigenvalue weighted by molar-refractivity contribution is -0.154. The zero-order valence-electron chi connectivity index (χ0n) is 14.4. The summed E-state index contributed by atoms with van der Waals surface area (Å²) in [5.74, 6) is -0.585. The smallest absolute Gasteiger partial charge is 0.293 e. The number of benzene rings is 1. The lowest BCUT2D eigenvalue weighted by Crippen LogP contribution is -2.70. The highest BCUT2D eigenvalue weighted by atomic mass is 32.2. The molecule has 2 amide bonds. The topological polar surface area (TPSA) is 122 Å². The van der Waals surface area contributed by atoms with Gasteiger partial charge in [0, 0.05) is 4.75 Å². The third kappa shape index (κ3) is 3.12. The molecule has 4 unspecified atom stereocenters. The second-order valence-electron chi connectivity index (χ2n) is 6.86. The van der Waals surface area contributed by atoms with Gasteiger partial charge in [-0.3, -0.25) is 14.4 Å². The van der Waals surface area contributed by atoms with Crippen molar-refractivity contribution in [2.45, 2.75) is 42.1 Å². The Bertz CT molecular complexity index is 724. The van der Waals surface area contributed by atoms with Crippen molar-refractivity contribution in [3.8, 4) is 5.75 Å². The minimum atomic E-state index is -0.939. The standard InChI is InChI=1S/C17H21N3O5S/c1-17(2)11(7-25-8-21)20-15(24)13(16(20)26-17)19-14(23)12(18)9-3-5-10(22)6-4-9/h3-6,8,11-13,16,22H,7,18H2,1-2H3,(H,19,23). The predicted octanol–water partition coefficient (Wildman–Crippen LogP) is 0.112. The first kappa shape index (κ1) is 18.5. The first-order valence-electron chi connectivity index (χ1n) is 8.16. The Hall–Kier alpha value is -2.26. The van der Waals surface area contributed by atoms with E-state index in [1.165, 1.54) is 12.1 Å². The number of β-lactam (4-membered cyclic amide) rings is 1. The lowest BCUT2D eigenvalue weighted by Gasteiger charge is -2.44. The van der Waals surface area contributed by atoms with Crippen molar-refractivity contribution >= 4 is 30.0 Å². The van der Waals surface area contributed by atoms with Crippen LogP contribution < -0.4 is 11.1 Å². The van der Waals surface area contributed by atoms with Crippen LogP contribution >= 0.6 is 11.8 Å². The van der Waals surface area contributed by atoms with Crippen LogP contribution in [-0.4, -0.2) is 57.1 Å². The van der Waals surface area contributed by atoms with Gasteiger partial charge in [-0.15, -0.1) is 11.8 Å². The van der Waals surface area contributed by atoms with Gasteiger partial charge in [-0.25, -0.2) is 0 Å². The van der Waals surface area contributed by atoms with Gasteiger partial charge >= 0.3 is 0 Å². The molecule has 4 atom stereocenters. The van der Waals surface area contributed by atoms with Crippen molar-refractivity contribution in [1.82, 2.24) is 10.2 Å². The van der Waals surface area contributed by atoms with Crippen LogP contribution in [0.2, 0.25) is 0 Å². The molecule has 0 saturated carbocycles. The van der Waals surface area contributed by atoms with E-state index in [2.05, 4.69) is 5.32 Å². The number of carbonyl (C=O) groups excluding carboxylic acids is 3. The summed E-state index contributed by atoms with van der Waals surface area (Å²) in [5.41, 5.74) is 6.50. The Labute approximate surface area is 155 Å². The molecule has 2 saturated heterocycles. The molecule has 2 aliphatic rings. The fraction of sp³-hybridized carbons (Fsp3) is 0.471. The summed E-state index contributed by atoms with van der Waals surface area (Å²) in [6, 6.07) is 4.19. The summed E-state index contributed by atoms with van der Waals surface area (Å²) < 4.78 is 4.56. The van der Waals surface area contributed by atoms with Crippen molar-refractivity contribution in [3.05, 3.63) is 29.8 Å². The third-order valence-electron chi connectivity index (χ3n) is 4.80. The SMILES string of the molecule is CC1(C)SC2C(NC(=O)C(N)c3ccc(O)cc3)C(=O)N2C1COC=O. The van der Waals surface area contributed by atoms with Gasteiger partial charge in [0.05, 0.1) is 6.04 Å². The number of hydrogen-bond donors (Lipinski definition) is 3. The highest BCUT2D eigenvalue weighted by Crippen LogP contribution is 2.50. The molecule has 140 valence electrons. The van der Waals surface area contributed by atoms with Crippen LogP contribution in [0, 0.1) is 0 Å². The molecular formula is C17H21N3O5S. The van der Waals surface area contributed by atoms with E-state index in [-0.39, 0.29) is 34.4 Å². The maximum absolute atomic E-state index is 12.5. The van der Waals surface area contributed by atoms with Crippen LogP contribution in [0.4, 0.5) is 0 Å². The van der Waals surface area contributed by atoms with Crippen molar-refractivity contribution in [2.24, 2.45) is 5.73 Å². The quantitative estimate of drug-likeness (QED) is 0.474. The predicted molar refractivity (Wildman–Crippen MR) is 95.1 cm³/mol.